The summed E-state index contributed by atoms with van der Waals surface area (Å²) in [5.41, 5.74) is 1.24. The third kappa shape index (κ3) is 3.58. The van der Waals surface area contributed by atoms with Crippen molar-refractivity contribution in [3.8, 4) is 17.6 Å². The zero-order valence-electron chi connectivity index (χ0n) is 12.5. The Balaban J connectivity index is 2.61. The highest BCUT2D eigenvalue weighted by Crippen LogP contribution is 2.34. The highest BCUT2D eigenvalue weighted by Gasteiger charge is 2.23. The third-order valence-electron chi connectivity index (χ3n) is 3.25. The average Bonchev–Trinajstić information content (AvgIpc) is 2.53. The van der Waals surface area contributed by atoms with E-state index < -0.39 is 0 Å². The van der Waals surface area contributed by atoms with Crippen LogP contribution in [0.1, 0.15) is 21.5 Å². The predicted molar refractivity (Wildman–Crippen MR) is 88.8 cm³/mol. The van der Waals surface area contributed by atoms with Crippen LogP contribution >= 0.6 is 23.2 Å². The zero-order valence-corrected chi connectivity index (χ0v) is 14.0. The number of nitriles is 1. The number of rotatable bonds is 5. The Morgan fingerprint density at radius 1 is 1.13 bits per heavy atom. The van der Waals surface area contributed by atoms with Gasteiger partial charge in [0.05, 0.1) is 31.7 Å². The first kappa shape index (κ1) is 17.1. The molecule has 2 rings (SSSR count). The predicted octanol–water partition coefficient (Wildman–Crippen LogP) is 4.31. The number of hydrogen-bond donors (Lipinski definition) is 0. The maximum absolute atomic E-state index is 12.9. The standard InChI is InChI=1S/C17H13Cl2NO3/c1-22-14-7-10(5-6-20)8-15(23-2)16(14)17(21)12-4-3-11(18)9-13(12)19/h3-4,7-9H,5H2,1-2H3. The van der Waals surface area contributed by atoms with Gasteiger partial charge in [0.2, 0.25) is 5.78 Å². The van der Waals surface area contributed by atoms with E-state index in [-0.39, 0.29) is 22.8 Å². The van der Waals surface area contributed by atoms with E-state index in [1.807, 2.05) is 0 Å². The van der Waals surface area contributed by atoms with E-state index in [0.717, 1.165) is 0 Å². The Morgan fingerprint density at radius 3 is 2.22 bits per heavy atom. The molecule has 2 aromatic carbocycles. The van der Waals surface area contributed by atoms with E-state index in [1.165, 1.54) is 20.3 Å². The minimum atomic E-state index is -0.344. The molecule has 4 nitrogen and oxygen atoms in total. The minimum absolute atomic E-state index is 0.183. The van der Waals surface area contributed by atoms with Crippen molar-refractivity contribution in [2.24, 2.45) is 0 Å². The van der Waals surface area contributed by atoms with Gasteiger partial charge in [0, 0.05) is 10.6 Å². The third-order valence-corrected chi connectivity index (χ3v) is 3.80. The molecule has 0 bridgehead atoms. The Labute approximate surface area is 144 Å². The second-order valence-corrected chi connectivity index (χ2v) is 5.51. The fraction of sp³-hybridized carbons (Fsp3) is 0.176. The zero-order chi connectivity index (χ0) is 17.0. The van der Waals surface area contributed by atoms with Crippen molar-refractivity contribution in [1.82, 2.24) is 0 Å². The van der Waals surface area contributed by atoms with E-state index in [4.69, 9.17) is 37.9 Å². The fourth-order valence-corrected chi connectivity index (χ4v) is 2.69. The van der Waals surface area contributed by atoms with Crippen LogP contribution in [0.2, 0.25) is 10.0 Å². The molecule has 0 aromatic heterocycles. The lowest BCUT2D eigenvalue weighted by molar-refractivity contribution is 0.103. The second kappa shape index (κ2) is 7.36. The summed E-state index contributed by atoms with van der Waals surface area (Å²) in [6.45, 7) is 0. The van der Waals surface area contributed by atoms with Gasteiger partial charge >= 0.3 is 0 Å². The topological polar surface area (TPSA) is 59.3 Å². The molecule has 0 fully saturated rings. The normalized spacial score (nSPS) is 10.0. The second-order valence-electron chi connectivity index (χ2n) is 4.66. The van der Waals surface area contributed by atoms with Gasteiger partial charge in [0.15, 0.2) is 0 Å². The van der Waals surface area contributed by atoms with Crippen LogP contribution in [0, 0.1) is 11.3 Å². The first-order valence-corrected chi connectivity index (χ1v) is 7.39. The van der Waals surface area contributed by atoms with E-state index in [9.17, 15) is 4.79 Å². The van der Waals surface area contributed by atoms with Crippen LogP contribution in [0.4, 0.5) is 0 Å². The van der Waals surface area contributed by atoms with Crippen LogP contribution in [-0.4, -0.2) is 20.0 Å². The summed E-state index contributed by atoms with van der Waals surface area (Å²) >= 11 is 12.0. The van der Waals surface area contributed by atoms with Crippen LogP contribution < -0.4 is 9.47 Å². The molecule has 0 spiro atoms. The molecular formula is C17H13Cl2NO3. The first-order chi connectivity index (χ1) is 11.0. The largest absolute Gasteiger partial charge is 0.496 e. The molecule has 0 aliphatic carbocycles. The van der Waals surface area contributed by atoms with Crippen molar-refractivity contribution >= 4 is 29.0 Å². The minimum Gasteiger partial charge on any atom is -0.496 e. The van der Waals surface area contributed by atoms with Crippen LogP contribution in [0.5, 0.6) is 11.5 Å². The molecule has 0 amide bonds. The summed E-state index contributed by atoms with van der Waals surface area (Å²) in [5.74, 6) is 0.306. The Bertz CT molecular complexity index is 772. The average molecular weight is 350 g/mol. The summed E-state index contributed by atoms with van der Waals surface area (Å²) < 4.78 is 10.6. The van der Waals surface area contributed by atoms with Gasteiger partial charge in [-0.3, -0.25) is 4.79 Å². The molecule has 0 aliphatic heterocycles. The summed E-state index contributed by atoms with van der Waals surface area (Å²) in [6.07, 6.45) is 0.183. The van der Waals surface area contributed by atoms with Crippen molar-refractivity contribution < 1.29 is 14.3 Å². The molecule has 0 radical (unpaired) electrons. The number of ether oxygens (including phenoxy) is 2. The summed E-state index contributed by atoms with van der Waals surface area (Å²) in [4.78, 5) is 12.9. The molecule has 0 heterocycles. The monoisotopic (exact) mass is 349 g/mol. The van der Waals surface area contributed by atoms with Crippen molar-refractivity contribution in [2.45, 2.75) is 6.42 Å². The van der Waals surface area contributed by atoms with Gasteiger partial charge in [-0.15, -0.1) is 0 Å². The number of benzene rings is 2. The molecule has 0 atom stereocenters. The number of halogens is 2. The van der Waals surface area contributed by atoms with Crippen LogP contribution in [-0.2, 0) is 6.42 Å². The van der Waals surface area contributed by atoms with Gasteiger partial charge in [-0.25, -0.2) is 0 Å². The molecule has 0 saturated carbocycles. The lowest BCUT2D eigenvalue weighted by atomic mass is 9.98. The molecule has 118 valence electrons. The van der Waals surface area contributed by atoms with Crippen LogP contribution in [0.3, 0.4) is 0 Å². The van der Waals surface area contributed by atoms with Crippen molar-refractivity contribution in [3.63, 3.8) is 0 Å². The van der Waals surface area contributed by atoms with E-state index >= 15 is 0 Å². The maximum atomic E-state index is 12.9. The summed E-state index contributed by atoms with van der Waals surface area (Å²) in [5, 5.41) is 9.52. The Kier molecular flexibility index (Phi) is 5.49. The number of hydrogen-bond acceptors (Lipinski definition) is 4. The van der Waals surface area contributed by atoms with E-state index in [1.54, 1.807) is 24.3 Å². The van der Waals surface area contributed by atoms with E-state index in [2.05, 4.69) is 6.07 Å². The van der Waals surface area contributed by atoms with Gasteiger partial charge in [-0.05, 0) is 35.9 Å². The molecule has 0 saturated heterocycles. The smallest absolute Gasteiger partial charge is 0.202 e. The quantitative estimate of drug-likeness (QED) is 0.754. The SMILES string of the molecule is COc1cc(CC#N)cc(OC)c1C(=O)c1ccc(Cl)cc1Cl. The molecular weight excluding hydrogens is 337 g/mol. The fourth-order valence-electron chi connectivity index (χ4n) is 2.19. The molecule has 23 heavy (non-hydrogen) atoms. The van der Waals surface area contributed by atoms with Crippen LogP contribution in [0.15, 0.2) is 30.3 Å². The van der Waals surface area contributed by atoms with Gasteiger partial charge in [0.1, 0.15) is 17.1 Å². The number of carbonyl (C=O) groups is 1. The Hall–Kier alpha value is -2.22. The van der Waals surface area contributed by atoms with Crippen LogP contribution in [0.25, 0.3) is 0 Å². The number of nitrogens with zero attached hydrogens (tertiary/aromatic N) is 1. The van der Waals surface area contributed by atoms with Gasteiger partial charge in [-0.1, -0.05) is 23.2 Å². The number of ketones is 1. The lowest BCUT2D eigenvalue weighted by Crippen LogP contribution is -2.08. The van der Waals surface area contributed by atoms with Gasteiger partial charge in [0.25, 0.3) is 0 Å². The van der Waals surface area contributed by atoms with Gasteiger partial charge in [-0.2, -0.15) is 5.26 Å². The molecule has 2 aromatic rings. The highest BCUT2D eigenvalue weighted by molar-refractivity contribution is 6.37. The Morgan fingerprint density at radius 2 is 1.74 bits per heavy atom. The van der Waals surface area contributed by atoms with E-state index in [0.29, 0.717) is 27.6 Å². The molecule has 0 unspecified atom stereocenters. The van der Waals surface area contributed by atoms with Crippen molar-refractivity contribution in [1.29, 1.82) is 5.26 Å². The van der Waals surface area contributed by atoms with Gasteiger partial charge < -0.3 is 9.47 Å². The van der Waals surface area contributed by atoms with Crippen molar-refractivity contribution in [3.05, 3.63) is 57.1 Å². The lowest BCUT2D eigenvalue weighted by Gasteiger charge is -2.14. The summed E-state index contributed by atoms with van der Waals surface area (Å²) in [7, 11) is 2.90. The summed E-state index contributed by atoms with van der Waals surface area (Å²) in [6, 6.07) is 9.97. The number of methoxy groups -OCH3 is 2. The first-order valence-electron chi connectivity index (χ1n) is 6.63. The number of carbonyl (C=O) groups excluding carboxylic acids is 1. The maximum Gasteiger partial charge on any atom is 0.202 e. The molecule has 0 N–H and O–H groups in total. The highest BCUT2D eigenvalue weighted by atomic mass is 35.5. The van der Waals surface area contributed by atoms with Crippen molar-refractivity contribution in [2.75, 3.05) is 14.2 Å². The molecule has 6 heteroatoms. The molecule has 0 aliphatic rings.